The van der Waals surface area contributed by atoms with E-state index < -0.39 is 0 Å². The van der Waals surface area contributed by atoms with Crippen molar-refractivity contribution in [2.24, 2.45) is 0 Å². The van der Waals surface area contributed by atoms with E-state index in [0.717, 1.165) is 32.1 Å². The fourth-order valence-electron chi connectivity index (χ4n) is 2.59. The molecular weight excluding hydrogens is 244 g/mol. The van der Waals surface area contributed by atoms with Crippen LogP contribution in [0, 0.1) is 0 Å². The lowest BCUT2D eigenvalue weighted by atomic mass is 10.1. The molecule has 112 valence electrons. The van der Waals surface area contributed by atoms with Gasteiger partial charge < -0.3 is 5.32 Å². The maximum absolute atomic E-state index is 3.58. The van der Waals surface area contributed by atoms with Crippen LogP contribution in [-0.2, 0) is 13.0 Å². The van der Waals surface area contributed by atoms with E-state index in [4.69, 9.17) is 0 Å². The van der Waals surface area contributed by atoms with Crippen molar-refractivity contribution in [2.45, 2.75) is 65.1 Å². The third-order valence-corrected chi connectivity index (χ3v) is 4.45. The Morgan fingerprint density at radius 1 is 1.15 bits per heavy atom. The van der Waals surface area contributed by atoms with Crippen molar-refractivity contribution in [1.29, 1.82) is 0 Å². The third kappa shape index (κ3) is 4.92. The molecule has 0 aliphatic heterocycles. The van der Waals surface area contributed by atoms with Gasteiger partial charge in [0, 0.05) is 18.6 Å². The highest BCUT2D eigenvalue weighted by molar-refractivity contribution is 5.22. The Hall–Kier alpha value is -0.860. The SMILES string of the molecule is CCC(C)N(CC)Cc1ccc(CCNC2CC2)cc1. The first-order valence-corrected chi connectivity index (χ1v) is 8.28. The van der Waals surface area contributed by atoms with Crippen LogP contribution in [0.15, 0.2) is 24.3 Å². The maximum atomic E-state index is 3.58. The van der Waals surface area contributed by atoms with E-state index in [9.17, 15) is 0 Å². The molecule has 1 aromatic carbocycles. The zero-order valence-corrected chi connectivity index (χ0v) is 13.4. The van der Waals surface area contributed by atoms with Gasteiger partial charge in [-0.05, 0) is 56.8 Å². The standard InChI is InChI=1S/C18H30N2/c1-4-15(3)20(5-2)14-17-8-6-16(7-9-17)12-13-19-18-10-11-18/h6-9,15,18-19H,4-5,10-14H2,1-3H3. The van der Waals surface area contributed by atoms with Crippen LogP contribution in [0.3, 0.4) is 0 Å². The van der Waals surface area contributed by atoms with Gasteiger partial charge in [-0.15, -0.1) is 0 Å². The molecule has 1 aromatic rings. The smallest absolute Gasteiger partial charge is 0.0236 e. The molecule has 0 aromatic heterocycles. The summed E-state index contributed by atoms with van der Waals surface area (Å²) in [4.78, 5) is 2.55. The van der Waals surface area contributed by atoms with E-state index in [2.05, 4.69) is 55.3 Å². The summed E-state index contributed by atoms with van der Waals surface area (Å²) in [5.74, 6) is 0. The molecule has 1 aliphatic rings. The Labute approximate surface area is 124 Å². The van der Waals surface area contributed by atoms with Crippen LogP contribution in [0.25, 0.3) is 0 Å². The Bertz CT molecular complexity index is 381. The lowest BCUT2D eigenvalue weighted by Gasteiger charge is -2.27. The van der Waals surface area contributed by atoms with E-state index in [1.807, 2.05) is 0 Å². The summed E-state index contributed by atoms with van der Waals surface area (Å²) in [6, 6.07) is 10.7. The van der Waals surface area contributed by atoms with Gasteiger partial charge in [0.25, 0.3) is 0 Å². The van der Waals surface area contributed by atoms with Gasteiger partial charge >= 0.3 is 0 Å². The molecule has 0 spiro atoms. The molecule has 0 saturated heterocycles. The van der Waals surface area contributed by atoms with Crippen LogP contribution in [0.5, 0.6) is 0 Å². The van der Waals surface area contributed by atoms with Crippen molar-refractivity contribution in [3.63, 3.8) is 0 Å². The molecule has 1 unspecified atom stereocenters. The van der Waals surface area contributed by atoms with Crippen molar-refractivity contribution >= 4 is 0 Å². The normalized spacial score (nSPS) is 16.6. The van der Waals surface area contributed by atoms with Gasteiger partial charge in [-0.25, -0.2) is 0 Å². The molecule has 0 radical (unpaired) electrons. The largest absolute Gasteiger partial charge is 0.314 e. The van der Waals surface area contributed by atoms with Gasteiger partial charge in [-0.2, -0.15) is 0 Å². The number of rotatable bonds is 9. The minimum absolute atomic E-state index is 0.669. The topological polar surface area (TPSA) is 15.3 Å². The molecular formula is C18H30N2. The van der Waals surface area contributed by atoms with E-state index in [1.165, 1.54) is 30.4 Å². The van der Waals surface area contributed by atoms with Crippen molar-refractivity contribution in [1.82, 2.24) is 10.2 Å². The summed E-state index contributed by atoms with van der Waals surface area (Å²) in [6.45, 7) is 10.2. The number of hydrogen-bond acceptors (Lipinski definition) is 2. The lowest BCUT2D eigenvalue weighted by Crippen LogP contribution is -2.31. The highest BCUT2D eigenvalue weighted by atomic mass is 15.1. The van der Waals surface area contributed by atoms with Crippen molar-refractivity contribution in [3.8, 4) is 0 Å². The average molecular weight is 274 g/mol. The predicted octanol–water partition coefficient (Wildman–Crippen LogP) is 3.60. The number of nitrogens with zero attached hydrogens (tertiary/aromatic N) is 1. The summed E-state index contributed by atoms with van der Waals surface area (Å²) in [5, 5.41) is 3.58. The van der Waals surface area contributed by atoms with E-state index >= 15 is 0 Å². The molecule has 0 bridgehead atoms. The first kappa shape index (κ1) is 15.5. The van der Waals surface area contributed by atoms with Gasteiger partial charge in [0.05, 0.1) is 0 Å². The first-order valence-electron chi connectivity index (χ1n) is 8.28. The van der Waals surface area contributed by atoms with Crippen molar-refractivity contribution < 1.29 is 0 Å². The molecule has 2 nitrogen and oxygen atoms in total. The predicted molar refractivity (Wildman–Crippen MR) is 87.0 cm³/mol. The minimum Gasteiger partial charge on any atom is -0.314 e. The molecule has 1 saturated carbocycles. The highest BCUT2D eigenvalue weighted by Gasteiger charge is 2.19. The highest BCUT2D eigenvalue weighted by Crippen LogP contribution is 2.18. The molecule has 1 N–H and O–H groups in total. The van der Waals surface area contributed by atoms with Crippen LogP contribution in [0.2, 0.25) is 0 Å². The Morgan fingerprint density at radius 2 is 1.80 bits per heavy atom. The Kier molecular flexibility index (Phi) is 6.06. The molecule has 1 aliphatic carbocycles. The van der Waals surface area contributed by atoms with Gasteiger partial charge in [-0.1, -0.05) is 38.1 Å². The molecule has 1 fully saturated rings. The quantitative estimate of drug-likeness (QED) is 0.740. The van der Waals surface area contributed by atoms with Crippen LogP contribution < -0.4 is 5.32 Å². The zero-order chi connectivity index (χ0) is 14.4. The molecule has 0 heterocycles. The van der Waals surface area contributed by atoms with Gasteiger partial charge in [0.15, 0.2) is 0 Å². The third-order valence-electron chi connectivity index (χ3n) is 4.45. The number of nitrogens with one attached hydrogen (secondary N) is 1. The second-order valence-corrected chi connectivity index (χ2v) is 6.12. The molecule has 20 heavy (non-hydrogen) atoms. The summed E-state index contributed by atoms with van der Waals surface area (Å²) in [5.41, 5.74) is 2.89. The molecule has 0 amide bonds. The fraction of sp³-hybridized carbons (Fsp3) is 0.667. The van der Waals surface area contributed by atoms with E-state index in [1.54, 1.807) is 0 Å². The minimum atomic E-state index is 0.669. The lowest BCUT2D eigenvalue weighted by molar-refractivity contribution is 0.206. The second-order valence-electron chi connectivity index (χ2n) is 6.12. The maximum Gasteiger partial charge on any atom is 0.0236 e. The summed E-state index contributed by atoms with van der Waals surface area (Å²) < 4.78 is 0. The summed E-state index contributed by atoms with van der Waals surface area (Å²) in [6.07, 6.45) is 5.13. The first-order chi connectivity index (χ1) is 9.72. The van der Waals surface area contributed by atoms with E-state index in [-0.39, 0.29) is 0 Å². The van der Waals surface area contributed by atoms with Crippen molar-refractivity contribution in [2.75, 3.05) is 13.1 Å². The molecule has 2 heteroatoms. The van der Waals surface area contributed by atoms with Crippen LogP contribution in [0.4, 0.5) is 0 Å². The zero-order valence-electron chi connectivity index (χ0n) is 13.4. The van der Waals surface area contributed by atoms with Crippen LogP contribution in [-0.4, -0.2) is 30.1 Å². The van der Waals surface area contributed by atoms with Crippen LogP contribution in [0.1, 0.15) is 51.2 Å². The Morgan fingerprint density at radius 3 is 2.35 bits per heavy atom. The Balaban J connectivity index is 1.80. The van der Waals surface area contributed by atoms with Gasteiger partial charge in [0.2, 0.25) is 0 Å². The number of benzene rings is 1. The van der Waals surface area contributed by atoms with Crippen LogP contribution >= 0.6 is 0 Å². The van der Waals surface area contributed by atoms with E-state index in [0.29, 0.717) is 6.04 Å². The van der Waals surface area contributed by atoms with Gasteiger partial charge in [0.1, 0.15) is 0 Å². The summed E-state index contributed by atoms with van der Waals surface area (Å²) >= 11 is 0. The molecule has 1 atom stereocenters. The monoisotopic (exact) mass is 274 g/mol. The van der Waals surface area contributed by atoms with Gasteiger partial charge in [-0.3, -0.25) is 4.90 Å². The average Bonchev–Trinajstić information content (AvgIpc) is 3.29. The number of hydrogen-bond donors (Lipinski definition) is 1. The summed E-state index contributed by atoms with van der Waals surface area (Å²) in [7, 11) is 0. The fourth-order valence-corrected chi connectivity index (χ4v) is 2.59. The second kappa shape index (κ2) is 7.80. The van der Waals surface area contributed by atoms with Crippen molar-refractivity contribution in [3.05, 3.63) is 35.4 Å². The molecule has 2 rings (SSSR count).